The normalized spacial score (nSPS) is 10.9. The first-order valence-electron chi connectivity index (χ1n) is 7.42. The lowest BCUT2D eigenvalue weighted by Gasteiger charge is -2.08. The van der Waals surface area contributed by atoms with Crippen molar-refractivity contribution in [3.05, 3.63) is 64.7 Å². The Morgan fingerprint density at radius 3 is 2.44 bits per heavy atom. The number of hydrogen-bond donors (Lipinski definition) is 2. The van der Waals surface area contributed by atoms with Gasteiger partial charge in [-0.1, -0.05) is 29.8 Å². The van der Waals surface area contributed by atoms with Gasteiger partial charge >= 0.3 is 0 Å². The van der Waals surface area contributed by atoms with Crippen LogP contribution in [-0.4, -0.2) is 20.9 Å². The van der Waals surface area contributed by atoms with Crippen LogP contribution in [-0.2, 0) is 16.6 Å². The molecule has 130 valence electrons. The second-order valence-electron chi connectivity index (χ2n) is 5.10. The second-order valence-corrected chi connectivity index (χ2v) is 7.28. The minimum atomic E-state index is -3.69. The van der Waals surface area contributed by atoms with Crippen LogP contribution >= 0.6 is 11.6 Å². The van der Waals surface area contributed by atoms with Crippen LogP contribution < -0.4 is 10.0 Å². The predicted octanol–water partition coefficient (Wildman–Crippen LogP) is 2.46. The molecular formula is C17H16ClN3O3S. The second kappa shape index (κ2) is 8.62. The maximum absolute atomic E-state index is 12.1. The summed E-state index contributed by atoms with van der Waals surface area (Å²) in [6, 6.07) is 14.6. The Morgan fingerprint density at radius 1 is 1.12 bits per heavy atom. The van der Waals surface area contributed by atoms with Crippen molar-refractivity contribution >= 4 is 27.5 Å². The molecule has 0 bridgehead atoms. The van der Waals surface area contributed by atoms with Gasteiger partial charge in [0.25, 0.3) is 5.91 Å². The molecule has 2 rings (SSSR count). The molecule has 0 spiro atoms. The highest BCUT2D eigenvalue weighted by Gasteiger charge is 2.14. The molecular weight excluding hydrogens is 362 g/mol. The number of sulfonamides is 1. The fourth-order valence-corrected chi connectivity index (χ4v) is 3.26. The molecule has 0 atom stereocenters. The maximum Gasteiger partial charge on any atom is 0.251 e. The lowest BCUT2D eigenvalue weighted by atomic mass is 10.2. The molecule has 2 aromatic rings. The molecule has 0 aliphatic carbocycles. The number of halogens is 1. The van der Waals surface area contributed by atoms with E-state index in [0.717, 1.165) is 5.56 Å². The third-order valence-electron chi connectivity index (χ3n) is 3.35. The summed E-state index contributed by atoms with van der Waals surface area (Å²) in [4.78, 5) is 12.2. The van der Waals surface area contributed by atoms with E-state index in [1.807, 2.05) is 18.2 Å². The van der Waals surface area contributed by atoms with Crippen LogP contribution in [0.5, 0.6) is 0 Å². The minimum absolute atomic E-state index is 0.0353. The summed E-state index contributed by atoms with van der Waals surface area (Å²) in [7, 11) is -3.69. The Balaban J connectivity index is 2.00. The summed E-state index contributed by atoms with van der Waals surface area (Å²) in [5.41, 5.74) is 1.13. The van der Waals surface area contributed by atoms with Crippen LogP contribution in [0, 0.1) is 11.3 Å². The average Bonchev–Trinajstić information content (AvgIpc) is 2.61. The van der Waals surface area contributed by atoms with Gasteiger partial charge in [0.2, 0.25) is 10.0 Å². The van der Waals surface area contributed by atoms with Gasteiger partial charge in [0.05, 0.1) is 11.0 Å². The Hall–Kier alpha value is -2.40. The zero-order valence-electron chi connectivity index (χ0n) is 13.2. The summed E-state index contributed by atoms with van der Waals surface area (Å²) < 4.78 is 26.3. The zero-order valence-corrected chi connectivity index (χ0v) is 14.8. The summed E-state index contributed by atoms with van der Waals surface area (Å²) in [5, 5.41) is 11.7. The van der Waals surface area contributed by atoms with Gasteiger partial charge in [0.15, 0.2) is 0 Å². The van der Waals surface area contributed by atoms with E-state index < -0.39 is 10.0 Å². The van der Waals surface area contributed by atoms with Crippen molar-refractivity contribution in [2.24, 2.45) is 0 Å². The number of carbonyl (C=O) groups excluding carboxylic acids is 1. The van der Waals surface area contributed by atoms with E-state index in [1.54, 1.807) is 12.1 Å². The number of amides is 1. The van der Waals surface area contributed by atoms with Gasteiger partial charge in [-0.05, 0) is 35.9 Å². The van der Waals surface area contributed by atoms with Gasteiger partial charge in [0, 0.05) is 30.1 Å². The molecule has 2 aromatic carbocycles. The Bertz CT molecular complexity index is 890. The Labute approximate surface area is 151 Å². The van der Waals surface area contributed by atoms with Crippen LogP contribution in [0.1, 0.15) is 22.3 Å². The number of hydrogen-bond acceptors (Lipinski definition) is 4. The standard InChI is InChI=1S/C17H16ClN3O3S/c18-16-5-2-1-4-14(16)12-20-17(22)13-6-8-15(9-7-13)25(23,24)21-11-3-10-19/h1-2,4-9,21H,3,11-12H2,(H,20,22). The van der Waals surface area contributed by atoms with Crippen molar-refractivity contribution in [3.63, 3.8) is 0 Å². The monoisotopic (exact) mass is 377 g/mol. The van der Waals surface area contributed by atoms with E-state index >= 15 is 0 Å². The number of nitriles is 1. The molecule has 0 fully saturated rings. The number of nitrogens with one attached hydrogen (secondary N) is 2. The minimum Gasteiger partial charge on any atom is -0.348 e. The molecule has 25 heavy (non-hydrogen) atoms. The van der Waals surface area contributed by atoms with E-state index in [9.17, 15) is 13.2 Å². The predicted molar refractivity (Wildman–Crippen MR) is 94.5 cm³/mol. The van der Waals surface area contributed by atoms with Crippen LogP contribution in [0.15, 0.2) is 53.4 Å². The first-order valence-corrected chi connectivity index (χ1v) is 9.28. The first-order chi connectivity index (χ1) is 11.9. The zero-order chi connectivity index (χ0) is 18.3. The van der Waals surface area contributed by atoms with Crippen molar-refractivity contribution in [3.8, 4) is 6.07 Å². The van der Waals surface area contributed by atoms with Crippen LogP contribution in [0.3, 0.4) is 0 Å². The summed E-state index contributed by atoms with van der Waals surface area (Å²) in [6.45, 7) is 0.313. The van der Waals surface area contributed by atoms with E-state index in [-0.39, 0.29) is 30.3 Å². The molecule has 0 heterocycles. The topological polar surface area (TPSA) is 99.1 Å². The third kappa shape index (κ3) is 5.29. The maximum atomic E-state index is 12.1. The van der Waals surface area contributed by atoms with Crippen LogP contribution in [0.25, 0.3) is 0 Å². The molecule has 0 saturated carbocycles. The first kappa shape index (κ1) is 18.9. The van der Waals surface area contributed by atoms with E-state index in [1.165, 1.54) is 24.3 Å². The quantitative estimate of drug-likeness (QED) is 0.724. The van der Waals surface area contributed by atoms with Gasteiger partial charge in [0.1, 0.15) is 0 Å². The van der Waals surface area contributed by atoms with Crippen LogP contribution in [0.2, 0.25) is 5.02 Å². The van der Waals surface area contributed by atoms with E-state index in [0.29, 0.717) is 10.6 Å². The smallest absolute Gasteiger partial charge is 0.251 e. The number of rotatable bonds is 7. The van der Waals surface area contributed by atoms with E-state index in [4.69, 9.17) is 16.9 Å². The average molecular weight is 378 g/mol. The van der Waals surface area contributed by atoms with Crippen molar-refractivity contribution < 1.29 is 13.2 Å². The van der Waals surface area contributed by atoms with E-state index in [2.05, 4.69) is 10.0 Å². The highest BCUT2D eigenvalue weighted by Crippen LogP contribution is 2.15. The molecule has 0 unspecified atom stereocenters. The van der Waals surface area contributed by atoms with Gasteiger partial charge in [-0.2, -0.15) is 5.26 Å². The fraction of sp³-hybridized carbons (Fsp3) is 0.176. The van der Waals surface area contributed by atoms with Crippen molar-refractivity contribution in [2.45, 2.75) is 17.9 Å². The van der Waals surface area contributed by atoms with Crippen LogP contribution in [0.4, 0.5) is 0 Å². The lowest BCUT2D eigenvalue weighted by Crippen LogP contribution is -2.25. The molecule has 0 saturated heterocycles. The number of carbonyl (C=O) groups is 1. The Morgan fingerprint density at radius 2 is 1.80 bits per heavy atom. The lowest BCUT2D eigenvalue weighted by molar-refractivity contribution is 0.0951. The Kier molecular flexibility index (Phi) is 6.53. The highest BCUT2D eigenvalue weighted by molar-refractivity contribution is 7.89. The highest BCUT2D eigenvalue weighted by atomic mass is 35.5. The molecule has 0 aromatic heterocycles. The SMILES string of the molecule is N#CCCNS(=O)(=O)c1ccc(C(=O)NCc2ccccc2Cl)cc1. The third-order valence-corrected chi connectivity index (χ3v) is 5.20. The molecule has 0 radical (unpaired) electrons. The van der Waals surface area contributed by atoms with Crippen molar-refractivity contribution in [2.75, 3.05) is 6.54 Å². The molecule has 0 aliphatic heterocycles. The van der Waals surface area contributed by atoms with Gasteiger partial charge in [-0.15, -0.1) is 0 Å². The largest absolute Gasteiger partial charge is 0.348 e. The van der Waals surface area contributed by atoms with Crippen molar-refractivity contribution in [1.82, 2.24) is 10.0 Å². The van der Waals surface area contributed by atoms with Gasteiger partial charge < -0.3 is 5.32 Å². The number of benzene rings is 2. The number of nitrogens with zero attached hydrogens (tertiary/aromatic N) is 1. The summed E-state index contributed by atoms with van der Waals surface area (Å²) >= 11 is 6.03. The van der Waals surface area contributed by atoms with Gasteiger partial charge in [-0.3, -0.25) is 4.79 Å². The fourth-order valence-electron chi connectivity index (χ4n) is 2.03. The van der Waals surface area contributed by atoms with Gasteiger partial charge in [-0.25, -0.2) is 13.1 Å². The molecule has 2 N–H and O–H groups in total. The molecule has 6 nitrogen and oxygen atoms in total. The molecule has 0 aliphatic rings. The summed E-state index contributed by atoms with van der Waals surface area (Å²) in [5.74, 6) is -0.332. The molecule has 8 heteroatoms. The van der Waals surface area contributed by atoms with Crippen molar-refractivity contribution in [1.29, 1.82) is 5.26 Å². The summed E-state index contributed by atoms with van der Waals surface area (Å²) in [6.07, 6.45) is 0.0851. The molecule has 1 amide bonds.